The SMILES string of the molecule is C=CC(NCC)c1cccc(C)c1Cl. The molecule has 0 amide bonds. The smallest absolute Gasteiger partial charge is 0.0518 e. The van der Waals surface area contributed by atoms with E-state index in [0.717, 1.165) is 22.7 Å². The van der Waals surface area contributed by atoms with Crippen molar-refractivity contribution in [2.24, 2.45) is 0 Å². The van der Waals surface area contributed by atoms with E-state index < -0.39 is 0 Å². The highest BCUT2D eigenvalue weighted by molar-refractivity contribution is 6.32. The molecule has 1 atom stereocenters. The van der Waals surface area contributed by atoms with E-state index in [9.17, 15) is 0 Å². The quantitative estimate of drug-likeness (QED) is 0.749. The average Bonchev–Trinajstić information content (AvgIpc) is 2.19. The van der Waals surface area contributed by atoms with E-state index in [0.29, 0.717) is 0 Å². The van der Waals surface area contributed by atoms with Crippen molar-refractivity contribution in [2.45, 2.75) is 19.9 Å². The second kappa shape index (κ2) is 5.18. The van der Waals surface area contributed by atoms with Gasteiger partial charge in [-0.1, -0.05) is 42.8 Å². The van der Waals surface area contributed by atoms with Gasteiger partial charge in [0, 0.05) is 5.02 Å². The third-order valence-electron chi connectivity index (χ3n) is 2.22. The Labute approximate surface area is 90.8 Å². The minimum Gasteiger partial charge on any atom is -0.307 e. The van der Waals surface area contributed by atoms with Crippen molar-refractivity contribution in [1.29, 1.82) is 0 Å². The Morgan fingerprint density at radius 1 is 1.57 bits per heavy atom. The number of hydrogen-bond donors (Lipinski definition) is 1. The predicted molar refractivity (Wildman–Crippen MR) is 62.8 cm³/mol. The van der Waals surface area contributed by atoms with Crippen LogP contribution in [-0.2, 0) is 0 Å². The third kappa shape index (κ3) is 2.37. The largest absolute Gasteiger partial charge is 0.307 e. The van der Waals surface area contributed by atoms with Gasteiger partial charge in [-0.05, 0) is 24.6 Å². The van der Waals surface area contributed by atoms with Gasteiger partial charge in [0.25, 0.3) is 0 Å². The van der Waals surface area contributed by atoms with E-state index in [1.165, 1.54) is 0 Å². The van der Waals surface area contributed by atoms with Crippen molar-refractivity contribution in [3.05, 3.63) is 47.0 Å². The number of likely N-dealkylation sites (N-methyl/N-ethyl adjacent to an activating group) is 1. The van der Waals surface area contributed by atoms with Crippen molar-refractivity contribution in [3.63, 3.8) is 0 Å². The fourth-order valence-corrected chi connectivity index (χ4v) is 1.69. The van der Waals surface area contributed by atoms with Gasteiger partial charge >= 0.3 is 0 Å². The van der Waals surface area contributed by atoms with Crippen LogP contribution in [0.4, 0.5) is 0 Å². The summed E-state index contributed by atoms with van der Waals surface area (Å²) >= 11 is 6.21. The van der Waals surface area contributed by atoms with Crippen LogP contribution < -0.4 is 5.32 Å². The van der Waals surface area contributed by atoms with Gasteiger partial charge in [-0.25, -0.2) is 0 Å². The molecule has 1 unspecified atom stereocenters. The van der Waals surface area contributed by atoms with Gasteiger partial charge < -0.3 is 5.32 Å². The van der Waals surface area contributed by atoms with Crippen LogP contribution in [0.5, 0.6) is 0 Å². The van der Waals surface area contributed by atoms with E-state index in [1.54, 1.807) is 0 Å². The van der Waals surface area contributed by atoms with Crippen molar-refractivity contribution >= 4 is 11.6 Å². The number of rotatable bonds is 4. The van der Waals surface area contributed by atoms with E-state index in [-0.39, 0.29) is 6.04 Å². The fourth-order valence-electron chi connectivity index (χ4n) is 1.45. The first kappa shape index (κ1) is 11.3. The zero-order valence-corrected chi connectivity index (χ0v) is 9.43. The molecule has 0 aromatic heterocycles. The number of benzene rings is 1. The maximum atomic E-state index is 6.21. The van der Waals surface area contributed by atoms with E-state index >= 15 is 0 Å². The predicted octanol–water partition coefficient (Wildman–Crippen LogP) is 3.49. The van der Waals surface area contributed by atoms with Gasteiger partial charge in [0.2, 0.25) is 0 Å². The number of hydrogen-bond acceptors (Lipinski definition) is 1. The molecule has 14 heavy (non-hydrogen) atoms. The highest BCUT2D eigenvalue weighted by atomic mass is 35.5. The second-order valence-electron chi connectivity index (χ2n) is 3.25. The van der Waals surface area contributed by atoms with Crippen LogP contribution in [-0.4, -0.2) is 6.54 Å². The van der Waals surface area contributed by atoms with Crippen LogP contribution >= 0.6 is 11.6 Å². The average molecular weight is 210 g/mol. The topological polar surface area (TPSA) is 12.0 Å². The van der Waals surface area contributed by atoms with E-state index in [1.807, 2.05) is 31.2 Å². The summed E-state index contributed by atoms with van der Waals surface area (Å²) in [6.07, 6.45) is 1.88. The Hall–Kier alpha value is -0.790. The standard InChI is InChI=1S/C12H16ClN/c1-4-11(14-5-2)10-8-6-7-9(3)12(10)13/h4,6-8,11,14H,1,5H2,2-3H3. The molecule has 1 aromatic rings. The van der Waals surface area contributed by atoms with Crippen LogP contribution in [0.15, 0.2) is 30.9 Å². The molecule has 0 saturated heterocycles. The first-order valence-electron chi connectivity index (χ1n) is 4.81. The van der Waals surface area contributed by atoms with Crippen LogP contribution in [0.3, 0.4) is 0 Å². The maximum absolute atomic E-state index is 6.21. The van der Waals surface area contributed by atoms with Crippen LogP contribution in [0, 0.1) is 6.92 Å². The van der Waals surface area contributed by atoms with Crippen molar-refractivity contribution in [2.75, 3.05) is 6.54 Å². The Morgan fingerprint density at radius 3 is 2.86 bits per heavy atom. The van der Waals surface area contributed by atoms with Crippen molar-refractivity contribution in [1.82, 2.24) is 5.32 Å². The molecule has 0 aliphatic rings. The Bertz CT molecular complexity index is 320. The van der Waals surface area contributed by atoms with Crippen molar-refractivity contribution in [3.8, 4) is 0 Å². The highest BCUT2D eigenvalue weighted by Crippen LogP contribution is 2.26. The summed E-state index contributed by atoms with van der Waals surface area (Å²) in [6, 6.07) is 6.21. The molecule has 0 heterocycles. The molecule has 0 aliphatic carbocycles. The maximum Gasteiger partial charge on any atom is 0.0518 e. The summed E-state index contributed by atoms with van der Waals surface area (Å²) < 4.78 is 0. The fraction of sp³-hybridized carbons (Fsp3) is 0.333. The number of halogens is 1. The molecule has 0 fully saturated rings. The van der Waals surface area contributed by atoms with Gasteiger partial charge in [-0.15, -0.1) is 6.58 Å². The number of aryl methyl sites for hydroxylation is 1. The Balaban J connectivity index is 3.03. The highest BCUT2D eigenvalue weighted by Gasteiger charge is 2.10. The molecule has 1 aromatic carbocycles. The summed E-state index contributed by atoms with van der Waals surface area (Å²) in [5.41, 5.74) is 2.21. The van der Waals surface area contributed by atoms with Crippen LogP contribution in [0.2, 0.25) is 5.02 Å². The second-order valence-corrected chi connectivity index (χ2v) is 3.63. The van der Waals surface area contributed by atoms with Crippen LogP contribution in [0.1, 0.15) is 24.1 Å². The van der Waals surface area contributed by atoms with Gasteiger partial charge in [0.05, 0.1) is 6.04 Å². The number of nitrogens with one attached hydrogen (secondary N) is 1. The molecule has 1 rings (SSSR count). The molecule has 1 nitrogen and oxygen atoms in total. The first-order valence-corrected chi connectivity index (χ1v) is 5.19. The lowest BCUT2D eigenvalue weighted by Gasteiger charge is -2.16. The summed E-state index contributed by atoms with van der Waals surface area (Å²) in [5.74, 6) is 0. The molecule has 0 aliphatic heterocycles. The zero-order valence-electron chi connectivity index (χ0n) is 8.68. The summed E-state index contributed by atoms with van der Waals surface area (Å²) in [7, 11) is 0. The lowest BCUT2D eigenvalue weighted by molar-refractivity contribution is 0.649. The molecule has 0 bridgehead atoms. The molecule has 76 valence electrons. The molecule has 2 heteroatoms. The van der Waals surface area contributed by atoms with Gasteiger partial charge in [-0.3, -0.25) is 0 Å². The third-order valence-corrected chi connectivity index (χ3v) is 2.73. The summed E-state index contributed by atoms with van der Waals surface area (Å²) in [6.45, 7) is 8.79. The van der Waals surface area contributed by atoms with Gasteiger partial charge in [0.1, 0.15) is 0 Å². The summed E-state index contributed by atoms with van der Waals surface area (Å²) in [4.78, 5) is 0. The summed E-state index contributed by atoms with van der Waals surface area (Å²) in [5, 5.41) is 4.15. The first-order chi connectivity index (χ1) is 6.70. The Morgan fingerprint density at radius 2 is 2.29 bits per heavy atom. The minimum absolute atomic E-state index is 0.146. The minimum atomic E-state index is 0.146. The lowest BCUT2D eigenvalue weighted by Crippen LogP contribution is -2.19. The Kier molecular flexibility index (Phi) is 4.18. The normalized spacial score (nSPS) is 12.5. The van der Waals surface area contributed by atoms with Crippen molar-refractivity contribution < 1.29 is 0 Å². The lowest BCUT2D eigenvalue weighted by atomic mass is 10.0. The molecule has 0 saturated carbocycles. The van der Waals surface area contributed by atoms with E-state index in [4.69, 9.17) is 11.6 Å². The van der Waals surface area contributed by atoms with Crippen LogP contribution in [0.25, 0.3) is 0 Å². The molecular formula is C12H16ClN. The molecular weight excluding hydrogens is 194 g/mol. The van der Waals surface area contributed by atoms with Gasteiger partial charge in [0.15, 0.2) is 0 Å². The molecule has 1 N–H and O–H groups in total. The monoisotopic (exact) mass is 209 g/mol. The van der Waals surface area contributed by atoms with E-state index in [2.05, 4.69) is 18.8 Å². The molecule has 0 radical (unpaired) electrons. The zero-order chi connectivity index (χ0) is 10.6. The molecule has 0 spiro atoms. The van der Waals surface area contributed by atoms with Gasteiger partial charge in [-0.2, -0.15) is 0 Å².